The number of hydrogen-bond acceptors (Lipinski definition) is 6. The fourth-order valence-corrected chi connectivity index (χ4v) is 4.26. The topological polar surface area (TPSA) is 114 Å². The van der Waals surface area contributed by atoms with Crippen molar-refractivity contribution in [3.63, 3.8) is 0 Å². The first-order valence-electron chi connectivity index (χ1n) is 9.38. The van der Waals surface area contributed by atoms with E-state index in [1.165, 1.54) is 23.0 Å². The minimum atomic E-state index is -0.710. The third-order valence-electron chi connectivity index (χ3n) is 4.65. The number of nitrogens with two attached hydrogens (primary N) is 1. The summed E-state index contributed by atoms with van der Waals surface area (Å²) in [6.07, 6.45) is 1.56. The van der Waals surface area contributed by atoms with Crippen LogP contribution < -0.4 is 21.9 Å². The van der Waals surface area contributed by atoms with Crippen LogP contribution in [0.3, 0.4) is 0 Å². The summed E-state index contributed by atoms with van der Waals surface area (Å²) in [6.45, 7) is 4.06. The number of aromatic amines is 1. The molecular weight excluding hydrogens is 426 g/mol. The van der Waals surface area contributed by atoms with Crippen molar-refractivity contribution >= 4 is 40.4 Å². The first-order valence-corrected chi connectivity index (χ1v) is 10.6. The number of unbranched alkanes of at least 4 members (excludes halogenated alkanes) is 1. The van der Waals surface area contributed by atoms with E-state index < -0.39 is 17.2 Å². The summed E-state index contributed by atoms with van der Waals surface area (Å²) in [5, 5.41) is 1.21. The lowest BCUT2D eigenvalue weighted by atomic mass is 10.2. The number of carbonyl (C=O) groups excluding carboxylic acids is 1. The first kappa shape index (κ1) is 21.8. The number of amides is 1. The number of nitrogens with one attached hydrogen (secondary N) is 1. The molecule has 1 aromatic carbocycles. The molecule has 2 aromatic heterocycles. The molecule has 0 aliphatic rings. The highest BCUT2D eigenvalue weighted by molar-refractivity contribution is 7.17. The molecule has 158 valence electrons. The van der Waals surface area contributed by atoms with Crippen LogP contribution in [0.4, 0.5) is 11.5 Å². The average Bonchev–Trinajstić information content (AvgIpc) is 3.08. The van der Waals surface area contributed by atoms with Crippen molar-refractivity contribution in [2.24, 2.45) is 0 Å². The predicted molar refractivity (Wildman–Crippen MR) is 121 cm³/mol. The second kappa shape index (κ2) is 8.85. The lowest BCUT2D eigenvalue weighted by Gasteiger charge is -2.20. The van der Waals surface area contributed by atoms with Crippen LogP contribution in [-0.2, 0) is 6.54 Å². The van der Waals surface area contributed by atoms with Crippen molar-refractivity contribution in [2.45, 2.75) is 33.2 Å². The number of nitrogen functional groups attached to an aromatic ring is 1. The maximum absolute atomic E-state index is 13.2. The van der Waals surface area contributed by atoms with Gasteiger partial charge in [0.25, 0.3) is 11.5 Å². The van der Waals surface area contributed by atoms with Crippen LogP contribution in [0.2, 0.25) is 5.02 Å². The van der Waals surface area contributed by atoms with Crippen LogP contribution >= 0.6 is 22.9 Å². The lowest BCUT2D eigenvalue weighted by Crippen LogP contribution is -2.39. The summed E-state index contributed by atoms with van der Waals surface area (Å²) in [6, 6.07) is 7.19. The molecule has 3 aromatic rings. The number of carbonyl (C=O) groups is 1. The number of nitrogens with zero attached hydrogens (tertiary/aromatic N) is 3. The van der Waals surface area contributed by atoms with Crippen molar-refractivity contribution < 1.29 is 4.79 Å². The first-order chi connectivity index (χ1) is 14.2. The Morgan fingerprint density at radius 3 is 2.77 bits per heavy atom. The third-order valence-corrected chi connectivity index (χ3v) is 6.08. The second-order valence-corrected chi connectivity index (χ2v) is 8.24. The highest BCUT2D eigenvalue weighted by atomic mass is 35.5. The van der Waals surface area contributed by atoms with Gasteiger partial charge in [0.2, 0.25) is 0 Å². The summed E-state index contributed by atoms with van der Waals surface area (Å²) >= 11 is 7.26. The maximum Gasteiger partial charge on any atom is 0.330 e. The summed E-state index contributed by atoms with van der Waals surface area (Å²) < 4.78 is 1.28. The number of aryl methyl sites for hydroxylation is 1. The fraction of sp³-hybridized carbons (Fsp3) is 0.300. The minimum absolute atomic E-state index is 0.0368. The maximum atomic E-state index is 13.2. The number of H-pyrrole nitrogens is 1. The molecule has 3 N–H and O–H groups in total. The van der Waals surface area contributed by atoms with Gasteiger partial charge in [-0.05, 0) is 25.5 Å². The molecule has 3 rings (SSSR count). The molecule has 2 heterocycles. The van der Waals surface area contributed by atoms with E-state index in [-0.39, 0.29) is 11.5 Å². The van der Waals surface area contributed by atoms with E-state index >= 15 is 0 Å². The van der Waals surface area contributed by atoms with Crippen molar-refractivity contribution in [1.29, 1.82) is 0 Å². The van der Waals surface area contributed by atoms with Crippen molar-refractivity contribution in [1.82, 2.24) is 14.5 Å². The van der Waals surface area contributed by atoms with Gasteiger partial charge in [-0.3, -0.25) is 19.1 Å². The van der Waals surface area contributed by atoms with Crippen LogP contribution in [0.5, 0.6) is 0 Å². The molecular formula is C20H22ClN5O3S. The highest BCUT2D eigenvalue weighted by Crippen LogP contribution is 2.31. The van der Waals surface area contributed by atoms with Crippen LogP contribution in [0, 0.1) is 6.92 Å². The van der Waals surface area contributed by atoms with Crippen LogP contribution in [0.15, 0.2) is 33.9 Å². The molecule has 0 saturated carbocycles. The molecule has 10 heteroatoms. The number of hydrogen-bond donors (Lipinski definition) is 2. The number of anilines is 2. The summed E-state index contributed by atoms with van der Waals surface area (Å²) in [7, 11) is 1.45. The lowest BCUT2D eigenvalue weighted by molar-refractivity contribution is 0.0995. The number of rotatable bonds is 6. The molecule has 0 fully saturated rings. The number of halogens is 1. The highest BCUT2D eigenvalue weighted by Gasteiger charge is 2.25. The van der Waals surface area contributed by atoms with Gasteiger partial charge in [0, 0.05) is 24.2 Å². The largest absolute Gasteiger partial charge is 0.383 e. The molecule has 0 bridgehead atoms. The molecule has 0 atom stereocenters. The molecule has 0 radical (unpaired) electrons. The van der Waals surface area contributed by atoms with Crippen LogP contribution in [0.1, 0.15) is 35.1 Å². The Bertz CT molecular complexity index is 1210. The number of benzene rings is 1. The molecule has 0 aliphatic heterocycles. The second-order valence-electron chi connectivity index (χ2n) is 6.81. The van der Waals surface area contributed by atoms with Gasteiger partial charge in [-0.15, -0.1) is 11.3 Å². The van der Waals surface area contributed by atoms with Gasteiger partial charge in [-0.1, -0.05) is 37.1 Å². The van der Waals surface area contributed by atoms with E-state index in [0.29, 0.717) is 33.6 Å². The van der Waals surface area contributed by atoms with E-state index in [1.807, 2.05) is 19.1 Å². The molecule has 30 heavy (non-hydrogen) atoms. The Kier molecular flexibility index (Phi) is 6.42. The van der Waals surface area contributed by atoms with Gasteiger partial charge in [0.15, 0.2) is 5.69 Å². The normalized spacial score (nSPS) is 10.9. The van der Waals surface area contributed by atoms with Gasteiger partial charge < -0.3 is 10.6 Å². The Hall–Kier alpha value is -2.91. The number of thiazole rings is 1. The third kappa shape index (κ3) is 4.17. The summed E-state index contributed by atoms with van der Waals surface area (Å²) in [4.78, 5) is 46.0. The van der Waals surface area contributed by atoms with Gasteiger partial charge in [-0.25, -0.2) is 9.78 Å². The zero-order chi connectivity index (χ0) is 22.0. The smallest absolute Gasteiger partial charge is 0.330 e. The molecule has 8 nitrogen and oxygen atoms in total. The Morgan fingerprint density at radius 1 is 1.37 bits per heavy atom. The van der Waals surface area contributed by atoms with E-state index in [1.54, 1.807) is 19.1 Å². The minimum Gasteiger partial charge on any atom is -0.383 e. The molecule has 0 spiro atoms. The van der Waals surface area contributed by atoms with E-state index in [2.05, 4.69) is 9.97 Å². The Balaban J connectivity index is 2.01. The van der Waals surface area contributed by atoms with E-state index in [0.717, 1.165) is 16.9 Å². The molecule has 1 amide bonds. The van der Waals surface area contributed by atoms with E-state index in [9.17, 15) is 14.4 Å². The zero-order valence-electron chi connectivity index (χ0n) is 16.9. The zero-order valence-corrected chi connectivity index (χ0v) is 18.4. The van der Waals surface area contributed by atoms with Gasteiger partial charge in [0.1, 0.15) is 15.7 Å². The summed E-state index contributed by atoms with van der Waals surface area (Å²) in [5.74, 6) is -0.471. The monoisotopic (exact) mass is 447 g/mol. The Morgan fingerprint density at radius 2 is 2.10 bits per heavy atom. The van der Waals surface area contributed by atoms with Gasteiger partial charge in [0.05, 0.1) is 5.69 Å². The summed E-state index contributed by atoms with van der Waals surface area (Å²) in [5.41, 5.74) is 6.08. The van der Waals surface area contributed by atoms with E-state index in [4.69, 9.17) is 17.3 Å². The van der Waals surface area contributed by atoms with Crippen LogP contribution in [0.25, 0.3) is 10.6 Å². The van der Waals surface area contributed by atoms with Gasteiger partial charge in [-0.2, -0.15) is 0 Å². The standard InChI is InChI=1S/C20H22ClN5O3S/c1-4-5-9-26-16(22)14(17(27)24-20(26)29)25(3)19(28)15-11(2)23-18(30-15)12-7-6-8-13(21)10-12/h6-8,10H,4-5,9,22H2,1-3H3,(H,24,27,29). The Labute approximate surface area is 181 Å². The molecule has 0 aliphatic carbocycles. The SMILES string of the molecule is CCCCn1c(N)c(N(C)C(=O)c2sc(-c3cccc(Cl)c3)nc2C)c(=O)[nH]c1=O. The van der Waals surface area contributed by atoms with Gasteiger partial charge >= 0.3 is 5.69 Å². The molecule has 0 saturated heterocycles. The van der Waals surface area contributed by atoms with Crippen molar-refractivity contribution in [3.05, 3.63) is 60.7 Å². The fourth-order valence-electron chi connectivity index (χ4n) is 3.03. The number of aromatic nitrogens is 3. The van der Waals surface area contributed by atoms with Crippen molar-refractivity contribution in [3.8, 4) is 10.6 Å². The van der Waals surface area contributed by atoms with Crippen LogP contribution in [-0.4, -0.2) is 27.5 Å². The predicted octanol–water partition coefficient (Wildman–Crippen LogP) is 3.28. The quantitative estimate of drug-likeness (QED) is 0.601. The average molecular weight is 448 g/mol. The van der Waals surface area contributed by atoms with Crippen molar-refractivity contribution in [2.75, 3.05) is 17.7 Å². The molecule has 0 unspecified atom stereocenters.